The fourth-order valence-corrected chi connectivity index (χ4v) is 6.06. The Kier molecular flexibility index (Phi) is 5.50. The number of benzene rings is 1. The van der Waals surface area contributed by atoms with Crippen molar-refractivity contribution in [3.63, 3.8) is 0 Å². The van der Waals surface area contributed by atoms with E-state index in [0.29, 0.717) is 30.1 Å². The lowest BCUT2D eigenvalue weighted by Gasteiger charge is -2.30. The summed E-state index contributed by atoms with van der Waals surface area (Å²) in [4.78, 5) is 13.6. The lowest BCUT2D eigenvalue weighted by molar-refractivity contribution is -0.120. The molecule has 3 rings (SSSR count). The summed E-state index contributed by atoms with van der Waals surface area (Å²) in [6, 6.07) is 9.33. The molecule has 0 unspecified atom stereocenters. The Morgan fingerprint density at radius 3 is 2.42 bits per heavy atom. The van der Waals surface area contributed by atoms with Gasteiger partial charge in [0.2, 0.25) is 5.91 Å². The van der Waals surface area contributed by atoms with Crippen molar-refractivity contribution in [2.24, 2.45) is 5.92 Å². The standard InChI is InChI=1S/C19H24N2O3S2/c1-13-5-4-6-17(15(13)3)20-19(22)16-9-11-21(12-10-16)26(23,24)18-8-7-14(2)25-18/h4-8,16H,9-12H2,1-3H3,(H,20,22). The van der Waals surface area contributed by atoms with Crippen LogP contribution in [0, 0.1) is 26.7 Å². The first kappa shape index (κ1) is 19.1. The third-order valence-corrected chi connectivity index (χ3v) is 8.36. The van der Waals surface area contributed by atoms with Gasteiger partial charge in [0.05, 0.1) is 0 Å². The largest absolute Gasteiger partial charge is 0.326 e. The van der Waals surface area contributed by atoms with Crippen molar-refractivity contribution < 1.29 is 13.2 Å². The lowest BCUT2D eigenvalue weighted by atomic mass is 9.97. The van der Waals surface area contributed by atoms with Crippen molar-refractivity contribution in [3.05, 3.63) is 46.3 Å². The SMILES string of the molecule is Cc1ccc(S(=O)(=O)N2CCC(C(=O)Nc3cccc(C)c3C)CC2)s1. The normalized spacial score (nSPS) is 16.6. The third-order valence-electron chi connectivity index (χ3n) is 5.00. The molecule has 1 fully saturated rings. The zero-order valence-corrected chi connectivity index (χ0v) is 16.9. The van der Waals surface area contributed by atoms with Crippen LogP contribution in [0.3, 0.4) is 0 Å². The van der Waals surface area contributed by atoms with Gasteiger partial charge in [0.25, 0.3) is 10.0 Å². The van der Waals surface area contributed by atoms with Crippen LogP contribution in [0.15, 0.2) is 34.5 Å². The van der Waals surface area contributed by atoms with E-state index in [-0.39, 0.29) is 11.8 Å². The first-order valence-electron chi connectivity index (χ1n) is 8.72. The monoisotopic (exact) mass is 392 g/mol. The average Bonchev–Trinajstić information content (AvgIpc) is 3.06. The minimum Gasteiger partial charge on any atom is -0.326 e. The van der Waals surface area contributed by atoms with Gasteiger partial charge in [-0.25, -0.2) is 8.42 Å². The summed E-state index contributed by atoms with van der Waals surface area (Å²) in [6.07, 6.45) is 1.08. The summed E-state index contributed by atoms with van der Waals surface area (Å²) in [6.45, 7) is 6.66. The van der Waals surface area contributed by atoms with Crippen LogP contribution in [0.5, 0.6) is 0 Å². The second-order valence-corrected chi connectivity index (χ2v) is 10.2. The number of carbonyl (C=O) groups is 1. The highest BCUT2D eigenvalue weighted by molar-refractivity contribution is 7.91. The van der Waals surface area contributed by atoms with Gasteiger partial charge >= 0.3 is 0 Å². The van der Waals surface area contributed by atoms with Gasteiger partial charge in [-0.3, -0.25) is 4.79 Å². The molecule has 1 aromatic carbocycles. The van der Waals surface area contributed by atoms with Gasteiger partial charge in [0.1, 0.15) is 4.21 Å². The first-order chi connectivity index (χ1) is 12.3. The van der Waals surface area contributed by atoms with Crippen LogP contribution in [-0.4, -0.2) is 31.7 Å². The Bertz CT molecular complexity index is 911. The Morgan fingerprint density at radius 1 is 1.12 bits per heavy atom. The summed E-state index contributed by atoms with van der Waals surface area (Å²) in [7, 11) is -3.44. The molecule has 1 amide bonds. The lowest BCUT2D eigenvalue weighted by Crippen LogP contribution is -2.41. The van der Waals surface area contributed by atoms with Gasteiger partial charge < -0.3 is 5.32 Å². The quantitative estimate of drug-likeness (QED) is 0.862. The van der Waals surface area contributed by atoms with E-state index < -0.39 is 10.0 Å². The molecule has 0 atom stereocenters. The highest BCUT2D eigenvalue weighted by Crippen LogP contribution is 2.29. The van der Waals surface area contributed by atoms with Gasteiger partial charge in [0, 0.05) is 29.6 Å². The van der Waals surface area contributed by atoms with E-state index >= 15 is 0 Å². The van der Waals surface area contributed by atoms with Crippen LogP contribution in [0.4, 0.5) is 5.69 Å². The summed E-state index contributed by atoms with van der Waals surface area (Å²) >= 11 is 1.29. The highest BCUT2D eigenvalue weighted by atomic mass is 32.2. The molecule has 0 radical (unpaired) electrons. The van der Waals surface area contributed by atoms with Crippen LogP contribution in [0.25, 0.3) is 0 Å². The summed E-state index contributed by atoms with van der Waals surface area (Å²) in [5.74, 6) is -0.186. The Balaban J connectivity index is 1.63. The molecule has 26 heavy (non-hydrogen) atoms. The predicted molar refractivity (Wildman–Crippen MR) is 105 cm³/mol. The summed E-state index contributed by atoms with van der Waals surface area (Å²) < 4.78 is 27.3. The third kappa shape index (κ3) is 3.84. The fourth-order valence-electron chi connectivity index (χ4n) is 3.16. The van der Waals surface area contributed by atoms with Crippen LogP contribution in [-0.2, 0) is 14.8 Å². The van der Waals surface area contributed by atoms with Crippen LogP contribution in [0.2, 0.25) is 0 Å². The minimum atomic E-state index is -3.44. The Morgan fingerprint density at radius 2 is 1.81 bits per heavy atom. The van der Waals surface area contributed by atoms with Crippen LogP contribution >= 0.6 is 11.3 Å². The molecule has 2 aromatic rings. The molecule has 5 nitrogen and oxygen atoms in total. The van der Waals surface area contributed by atoms with Crippen molar-refractivity contribution in [1.29, 1.82) is 0 Å². The summed E-state index contributed by atoms with van der Waals surface area (Å²) in [5, 5.41) is 3.00. The second kappa shape index (κ2) is 7.50. The van der Waals surface area contributed by atoms with Crippen molar-refractivity contribution in [2.45, 2.75) is 37.8 Å². The molecule has 0 aliphatic carbocycles. The molecule has 140 valence electrons. The average molecular weight is 393 g/mol. The molecule has 0 bridgehead atoms. The zero-order chi connectivity index (χ0) is 18.9. The maximum Gasteiger partial charge on any atom is 0.252 e. The molecule has 0 spiro atoms. The van der Waals surface area contributed by atoms with Crippen LogP contribution < -0.4 is 5.32 Å². The number of hydrogen-bond donors (Lipinski definition) is 1. The number of rotatable bonds is 4. The van der Waals surface area contributed by atoms with E-state index in [9.17, 15) is 13.2 Å². The fraction of sp³-hybridized carbons (Fsp3) is 0.421. The number of carbonyl (C=O) groups excluding carboxylic acids is 1. The number of nitrogens with zero attached hydrogens (tertiary/aromatic N) is 1. The Hall–Kier alpha value is -1.70. The molecule has 1 N–H and O–H groups in total. The number of thiophene rings is 1. The molecule has 1 aliphatic rings. The van der Waals surface area contributed by atoms with Gasteiger partial charge in [-0.1, -0.05) is 12.1 Å². The molecular formula is C19H24N2O3S2. The van der Waals surface area contributed by atoms with Crippen molar-refractivity contribution in [1.82, 2.24) is 4.31 Å². The number of sulfonamides is 1. The molecule has 1 aliphatic heterocycles. The molecule has 1 saturated heterocycles. The number of amides is 1. The number of anilines is 1. The van der Waals surface area contributed by atoms with Crippen molar-refractivity contribution in [3.8, 4) is 0 Å². The predicted octanol–water partition coefficient (Wildman–Crippen LogP) is 3.71. The molecule has 1 aromatic heterocycles. The minimum absolute atomic E-state index is 0.0253. The highest BCUT2D eigenvalue weighted by Gasteiger charge is 2.32. The first-order valence-corrected chi connectivity index (χ1v) is 11.0. The maximum absolute atomic E-state index is 12.7. The van der Waals surface area contributed by atoms with E-state index in [1.165, 1.54) is 15.6 Å². The smallest absolute Gasteiger partial charge is 0.252 e. The molecule has 2 heterocycles. The molecular weight excluding hydrogens is 368 g/mol. The van der Waals surface area contributed by atoms with Crippen LogP contribution in [0.1, 0.15) is 28.8 Å². The Labute approximate surface area is 159 Å². The second-order valence-electron chi connectivity index (χ2n) is 6.78. The number of aryl methyl sites for hydroxylation is 2. The maximum atomic E-state index is 12.7. The summed E-state index contributed by atoms with van der Waals surface area (Å²) in [5.41, 5.74) is 3.03. The van der Waals surface area contributed by atoms with Gasteiger partial charge in [-0.15, -0.1) is 11.3 Å². The van der Waals surface area contributed by atoms with E-state index in [4.69, 9.17) is 0 Å². The van der Waals surface area contributed by atoms with E-state index in [1.54, 1.807) is 6.07 Å². The number of hydrogen-bond acceptors (Lipinski definition) is 4. The molecule has 0 saturated carbocycles. The molecule has 7 heteroatoms. The number of nitrogens with one attached hydrogen (secondary N) is 1. The van der Waals surface area contributed by atoms with Gasteiger partial charge in [-0.05, 0) is 62.9 Å². The topological polar surface area (TPSA) is 66.5 Å². The van der Waals surface area contributed by atoms with E-state index in [1.807, 2.05) is 45.0 Å². The van der Waals surface area contributed by atoms with Crippen molar-refractivity contribution >= 4 is 33.0 Å². The van der Waals surface area contributed by atoms with E-state index in [0.717, 1.165) is 21.7 Å². The zero-order valence-electron chi connectivity index (χ0n) is 15.3. The van der Waals surface area contributed by atoms with Gasteiger partial charge in [-0.2, -0.15) is 4.31 Å². The van der Waals surface area contributed by atoms with Gasteiger partial charge in [0.15, 0.2) is 0 Å². The number of piperidine rings is 1. The van der Waals surface area contributed by atoms with E-state index in [2.05, 4.69) is 5.32 Å². The van der Waals surface area contributed by atoms with Crippen molar-refractivity contribution in [2.75, 3.05) is 18.4 Å².